The molecule has 170 valence electrons. The molecule has 0 aliphatic carbocycles. The molecule has 1 aromatic heterocycles. The SMILES string of the molecule is C=CCNc1ccc(NCC=C)c(N2CCN(C(=O)C3CCCN3C(=O)CC#N)CC2)n1. The van der Waals surface area contributed by atoms with Crippen molar-refractivity contribution in [3.8, 4) is 6.07 Å². The van der Waals surface area contributed by atoms with Crippen LogP contribution in [-0.4, -0.2) is 78.5 Å². The van der Waals surface area contributed by atoms with Gasteiger partial charge in [0.1, 0.15) is 18.3 Å². The zero-order valence-corrected chi connectivity index (χ0v) is 18.4. The largest absolute Gasteiger partial charge is 0.379 e. The van der Waals surface area contributed by atoms with Crippen LogP contribution in [0.2, 0.25) is 0 Å². The Bertz CT molecular complexity index is 887. The molecule has 9 nitrogen and oxygen atoms in total. The fourth-order valence-electron chi connectivity index (χ4n) is 4.13. The van der Waals surface area contributed by atoms with Gasteiger partial charge >= 0.3 is 0 Å². The highest BCUT2D eigenvalue weighted by molar-refractivity contribution is 5.89. The Morgan fingerprint density at radius 2 is 1.84 bits per heavy atom. The molecule has 0 aromatic carbocycles. The highest BCUT2D eigenvalue weighted by Crippen LogP contribution is 2.28. The van der Waals surface area contributed by atoms with Crippen LogP contribution in [0, 0.1) is 11.3 Å². The number of pyridine rings is 1. The van der Waals surface area contributed by atoms with E-state index in [-0.39, 0.29) is 18.2 Å². The van der Waals surface area contributed by atoms with Crippen molar-refractivity contribution in [3.05, 3.63) is 37.4 Å². The van der Waals surface area contributed by atoms with E-state index in [1.54, 1.807) is 17.1 Å². The van der Waals surface area contributed by atoms with Crippen molar-refractivity contribution in [2.75, 3.05) is 61.3 Å². The fraction of sp³-hybridized carbons (Fsp3) is 0.478. The summed E-state index contributed by atoms with van der Waals surface area (Å²) in [6.45, 7) is 11.7. The van der Waals surface area contributed by atoms with Crippen LogP contribution in [0.3, 0.4) is 0 Å². The number of hydrogen-bond donors (Lipinski definition) is 2. The Labute approximate surface area is 189 Å². The van der Waals surface area contributed by atoms with Gasteiger partial charge in [-0.2, -0.15) is 5.26 Å². The quantitative estimate of drug-likeness (QED) is 0.568. The lowest BCUT2D eigenvalue weighted by Gasteiger charge is -2.38. The molecule has 1 atom stereocenters. The molecule has 9 heteroatoms. The molecule has 0 saturated carbocycles. The van der Waals surface area contributed by atoms with E-state index in [0.29, 0.717) is 52.2 Å². The third kappa shape index (κ3) is 5.38. The first-order chi connectivity index (χ1) is 15.6. The Balaban J connectivity index is 1.67. The number of hydrogen-bond acceptors (Lipinski definition) is 7. The summed E-state index contributed by atoms with van der Waals surface area (Å²) in [6, 6.07) is 5.36. The molecular weight excluding hydrogens is 406 g/mol. The number of likely N-dealkylation sites (tertiary alicyclic amines) is 1. The molecular formula is C23H31N7O2. The van der Waals surface area contributed by atoms with Gasteiger partial charge in [-0.05, 0) is 25.0 Å². The van der Waals surface area contributed by atoms with Gasteiger partial charge in [-0.1, -0.05) is 12.2 Å². The second-order valence-electron chi connectivity index (χ2n) is 7.80. The summed E-state index contributed by atoms with van der Waals surface area (Å²) in [5.41, 5.74) is 0.915. The van der Waals surface area contributed by atoms with E-state index >= 15 is 0 Å². The van der Waals surface area contributed by atoms with E-state index in [4.69, 9.17) is 10.2 Å². The van der Waals surface area contributed by atoms with Gasteiger partial charge in [0.25, 0.3) is 0 Å². The first-order valence-electron chi connectivity index (χ1n) is 11.0. The summed E-state index contributed by atoms with van der Waals surface area (Å²) >= 11 is 0. The van der Waals surface area contributed by atoms with Crippen molar-refractivity contribution in [2.45, 2.75) is 25.3 Å². The number of rotatable bonds is 9. The van der Waals surface area contributed by atoms with Crippen LogP contribution in [0.1, 0.15) is 19.3 Å². The molecule has 2 fully saturated rings. The first kappa shape index (κ1) is 23.1. The molecule has 1 unspecified atom stereocenters. The molecule has 2 amide bonds. The summed E-state index contributed by atoms with van der Waals surface area (Å²) in [7, 11) is 0. The average molecular weight is 438 g/mol. The molecule has 2 N–H and O–H groups in total. The minimum Gasteiger partial charge on any atom is -0.379 e. The smallest absolute Gasteiger partial charge is 0.245 e. The second kappa shape index (κ2) is 11.2. The third-order valence-corrected chi connectivity index (χ3v) is 5.72. The fourth-order valence-corrected chi connectivity index (χ4v) is 4.13. The summed E-state index contributed by atoms with van der Waals surface area (Å²) < 4.78 is 0. The predicted octanol–water partition coefficient (Wildman–Crippen LogP) is 1.83. The molecule has 0 bridgehead atoms. The van der Waals surface area contributed by atoms with Crippen LogP contribution >= 0.6 is 0 Å². The first-order valence-corrected chi connectivity index (χ1v) is 11.0. The minimum atomic E-state index is -0.447. The monoisotopic (exact) mass is 437 g/mol. The number of anilines is 3. The Morgan fingerprint density at radius 3 is 2.53 bits per heavy atom. The van der Waals surface area contributed by atoms with Crippen LogP contribution in [0.4, 0.5) is 17.3 Å². The van der Waals surface area contributed by atoms with Crippen molar-refractivity contribution in [1.82, 2.24) is 14.8 Å². The van der Waals surface area contributed by atoms with Gasteiger partial charge in [0, 0.05) is 45.8 Å². The number of nitrogens with zero attached hydrogens (tertiary/aromatic N) is 5. The van der Waals surface area contributed by atoms with Gasteiger partial charge in [-0.3, -0.25) is 9.59 Å². The van der Waals surface area contributed by atoms with E-state index in [0.717, 1.165) is 23.7 Å². The van der Waals surface area contributed by atoms with Crippen LogP contribution in [-0.2, 0) is 9.59 Å². The lowest BCUT2D eigenvalue weighted by atomic mass is 10.1. The Hall–Kier alpha value is -3.54. The minimum absolute atomic E-state index is 0.0206. The second-order valence-corrected chi connectivity index (χ2v) is 7.80. The molecule has 2 saturated heterocycles. The zero-order valence-electron chi connectivity index (χ0n) is 18.4. The average Bonchev–Trinajstić information content (AvgIpc) is 3.31. The molecule has 2 aliphatic heterocycles. The molecule has 0 radical (unpaired) electrons. The van der Waals surface area contributed by atoms with Crippen LogP contribution < -0.4 is 15.5 Å². The third-order valence-electron chi connectivity index (χ3n) is 5.72. The van der Waals surface area contributed by atoms with E-state index in [2.05, 4.69) is 28.7 Å². The number of carbonyl (C=O) groups excluding carboxylic acids is 2. The summed E-state index contributed by atoms with van der Waals surface area (Å²) in [6.07, 6.45) is 4.85. The molecule has 32 heavy (non-hydrogen) atoms. The van der Waals surface area contributed by atoms with Gasteiger partial charge in [-0.25, -0.2) is 4.98 Å². The number of piperazine rings is 1. The normalized spacial score (nSPS) is 18.1. The van der Waals surface area contributed by atoms with Gasteiger partial charge < -0.3 is 25.3 Å². The molecule has 3 heterocycles. The van der Waals surface area contributed by atoms with E-state index in [9.17, 15) is 9.59 Å². The highest BCUT2D eigenvalue weighted by atomic mass is 16.2. The number of nitriles is 1. The number of aromatic nitrogens is 1. The van der Waals surface area contributed by atoms with Gasteiger partial charge in [0.2, 0.25) is 11.8 Å². The lowest BCUT2D eigenvalue weighted by molar-refractivity contribution is -0.143. The number of amides is 2. The summed E-state index contributed by atoms with van der Waals surface area (Å²) in [4.78, 5) is 35.7. The Morgan fingerprint density at radius 1 is 1.12 bits per heavy atom. The topological polar surface area (TPSA) is 105 Å². The van der Waals surface area contributed by atoms with E-state index in [1.807, 2.05) is 23.1 Å². The Kier molecular flexibility index (Phi) is 8.08. The van der Waals surface area contributed by atoms with Crippen molar-refractivity contribution in [1.29, 1.82) is 5.26 Å². The summed E-state index contributed by atoms with van der Waals surface area (Å²) in [5, 5.41) is 15.4. The van der Waals surface area contributed by atoms with E-state index < -0.39 is 6.04 Å². The predicted molar refractivity (Wildman–Crippen MR) is 125 cm³/mol. The van der Waals surface area contributed by atoms with Crippen LogP contribution in [0.5, 0.6) is 0 Å². The summed E-state index contributed by atoms with van der Waals surface area (Å²) in [5.74, 6) is 1.32. The maximum Gasteiger partial charge on any atom is 0.245 e. The lowest BCUT2D eigenvalue weighted by Crippen LogP contribution is -2.54. The highest BCUT2D eigenvalue weighted by Gasteiger charge is 2.37. The van der Waals surface area contributed by atoms with Crippen LogP contribution in [0.15, 0.2) is 37.4 Å². The van der Waals surface area contributed by atoms with Crippen molar-refractivity contribution < 1.29 is 9.59 Å². The molecule has 1 aromatic rings. The van der Waals surface area contributed by atoms with Crippen molar-refractivity contribution >= 4 is 29.1 Å². The van der Waals surface area contributed by atoms with Crippen molar-refractivity contribution in [2.24, 2.45) is 0 Å². The standard InChI is InChI=1S/C23H31N7O2/c1-3-11-25-18-7-8-20(26-12-4-2)27-22(18)28-14-16-29(17-15-28)23(32)19-6-5-13-30(19)21(31)9-10-24/h3-4,7-8,19,25H,1-2,5-6,9,11-17H2,(H,26,27). The van der Waals surface area contributed by atoms with E-state index in [1.165, 1.54) is 0 Å². The maximum atomic E-state index is 13.1. The number of nitrogens with one attached hydrogen (secondary N) is 2. The molecule has 2 aliphatic rings. The van der Waals surface area contributed by atoms with Crippen LogP contribution in [0.25, 0.3) is 0 Å². The maximum absolute atomic E-state index is 13.1. The molecule has 3 rings (SSSR count). The molecule has 0 spiro atoms. The van der Waals surface area contributed by atoms with Gasteiger partial charge in [-0.15, -0.1) is 13.2 Å². The zero-order chi connectivity index (χ0) is 22.9. The van der Waals surface area contributed by atoms with Gasteiger partial charge in [0.15, 0.2) is 5.82 Å². The number of carbonyl (C=O) groups is 2. The van der Waals surface area contributed by atoms with Gasteiger partial charge in [0.05, 0.1) is 11.8 Å². The van der Waals surface area contributed by atoms with Crippen molar-refractivity contribution in [3.63, 3.8) is 0 Å².